The molecular weight excluding hydrogens is 406 g/mol. The number of benzene rings is 2. The Hall–Kier alpha value is -2.99. The number of nitrogens with one attached hydrogen (secondary N) is 1. The van der Waals surface area contributed by atoms with Crippen LogP contribution in [0.1, 0.15) is 15.9 Å². The maximum absolute atomic E-state index is 11.2. The first-order valence-electron chi connectivity index (χ1n) is 8.48. The van der Waals surface area contributed by atoms with Gasteiger partial charge in [0.25, 0.3) is 0 Å². The highest BCUT2D eigenvalue weighted by Crippen LogP contribution is 2.30. The zero-order valence-corrected chi connectivity index (χ0v) is 15.8. The lowest BCUT2D eigenvalue weighted by atomic mass is 9.86. The second-order valence-corrected chi connectivity index (χ2v) is 7.17. The second-order valence-electron chi connectivity index (χ2n) is 6.25. The highest BCUT2D eigenvalue weighted by Gasteiger charge is 2.30. The van der Waals surface area contributed by atoms with Crippen molar-refractivity contribution in [2.24, 2.45) is 15.9 Å². The summed E-state index contributed by atoms with van der Waals surface area (Å²) in [6.07, 6.45) is 6.14. The smallest absolute Gasteiger partial charge is 0.335 e. The summed E-state index contributed by atoms with van der Waals surface area (Å²) in [6, 6.07) is 16.6. The van der Waals surface area contributed by atoms with Crippen LogP contribution in [0.15, 0.2) is 87.3 Å². The molecule has 0 saturated heterocycles. The van der Waals surface area contributed by atoms with Gasteiger partial charge < -0.3 is 10.4 Å². The minimum atomic E-state index is -0.969. The summed E-state index contributed by atoms with van der Waals surface area (Å²) < 4.78 is 1.01. The van der Waals surface area contributed by atoms with Gasteiger partial charge in [0.15, 0.2) is 0 Å². The van der Waals surface area contributed by atoms with Crippen molar-refractivity contribution in [2.45, 2.75) is 6.04 Å². The van der Waals surface area contributed by atoms with Crippen molar-refractivity contribution < 1.29 is 9.90 Å². The number of carboxylic acid groups (broad SMARTS) is 1. The molecule has 2 N–H and O–H groups in total. The lowest BCUT2D eigenvalue weighted by molar-refractivity contribution is 0.0697. The van der Waals surface area contributed by atoms with E-state index in [-0.39, 0.29) is 17.5 Å². The van der Waals surface area contributed by atoms with Crippen molar-refractivity contribution in [2.75, 3.05) is 5.32 Å². The molecule has 2 atom stereocenters. The van der Waals surface area contributed by atoms with Crippen molar-refractivity contribution in [1.29, 1.82) is 0 Å². The van der Waals surface area contributed by atoms with Gasteiger partial charge in [0, 0.05) is 16.1 Å². The fourth-order valence-corrected chi connectivity index (χ4v) is 3.58. The van der Waals surface area contributed by atoms with Crippen LogP contribution >= 0.6 is 15.9 Å². The molecule has 0 aromatic heterocycles. The summed E-state index contributed by atoms with van der Waals surface area (Å²) in [5.41, 5.74) is 2.81. The molecule has 134 valence electrons. The standard InChI is InChI=1S/C21H16BrN3O2/c22-15-9-10-18-17(12-15)19(13-5-2-1-3-6-13)25-21(24-18)23-16-8-4-7-14(11-16)20(26)27/h1-12,17-18H,(H,23,24)(H,26,27)/t17-,18-/m1/s1. The van der Waals surface area contributed by atoms with Crippen LogP contribution in [0.4, 0.5) is 5.69 Å². The number of rotatable bonds is 3. The third-order valence-electron chi connectivity index (χ3n) is 4.41. The molecule has 2 aromatic carbocycles. The Labute approximate surface area is 165 Å². The lowest BCUT2D eigenvalue weighted by Crippen LogP contribution is -2.34. The van der Waals surface area contributed by atoms with Crippen LogP contribution in [0.2, 0.25) is 0 Å². The average molecular weight is 422 g/mol. The fraction of sp³-hybridized carbons (Fsp3) is 0.0952. The quantitative estimate of drug-likeness (QED) is 0.766. The molecule has 0 fully saturated rings. The number of fused-ring (bicyclic) bond motifs is 1. The van der Waals surface area contributed by atoms with Crippen molar-refractivity contribution in [3.05, 3.63) is 88.4 Å². The minimum Gasteiger partial charge on any atom is -0.478 e. The topological polar surface area (TPSA) is 74.0 Å². The average Bonchev–Trinajstić information content (AvgIpc) is 2.68. The van der Waals surface area contributed by atoms with Gasteiger partial charge in [0.05, 0.1) is 17.3 Å². The van der Waals surface area contributed by atoms with Gasteiger partial charge in [0.1, 0.15) is 0 Å². The lowest BCUT2D eigenvalue weighted by Gasteiger charge is -2.28. The van der Waals surface area contributed by atoms with E-state index in [0.717, 1.165) is 15.8 Å². The molecule has 6 heteroatoms. The van der Waals surface area contributed by atoms with E-state index < -0.39 is 5.97 Å². The third kappa shape index (κ3) is 3.75. The minimum absolute atomic E-state index is 0.0441. The number of aliphatic imine (C=N–C) groups is 2. The van der Waals surface area contributed by atoms with Crippen LogP contribution in [0.3, 0.4) is 0 Å². The fourth-order valence-electron chi connectivity index (χ4n) is 3.14. The molecule has 0 bridgehead atoms. The molecule has 2 aliphatic rings. The summed E-state index contributed by atoms with van der Waals surface area (Å²) >= 11 is 3.54. The van der Waals surface area contributed by atoms with Crippen LogP contribution in [0.25, 0.3) is 0 Å². The van der Waals surface area contributed by atoms with Crippen LogP contribution in [0.5, 0.6) is 0 Å². The molecule has 4 rings (SSSR count). The van der Waals surface area contributed by atoms with E-state index in [9.17, 15) is 9.90 Å². The number of carboxylic acids is 1. The van der Waals surface area contributed by atoms with Crippen molar-refractivity contribution in [1.82, 2.24) is 0 Å². The maximum atomic E-state index is 11.2. The normalized spacial score (nSPS) is 20.9. The summed E-state index contributed by atoms with van der Waals surface area (Å²) in [4.78, 5) is 20.6. The van der Waals surface area contributed by atoms with Crippen LogP contribution in [-0.4, -0.2) is 28.8 Å². The zero-order chi connectivity index (χ0) is 18.8. The molecule has 2 aromatic rings. The molecule has 27 heavy (non-hydrogen) atoms. The van der Waals surface area contributed by atoms with E-state index >= 15 is 0 Å². The van der Waals surface area contributed by atoms with E-state index in [2.05, 4.69) is 27.3 Å². The number of nitrogens with zero attached hydrogens (tertiary/aromatic N) is 2. The molecule has 0 radical (unpaired) electrons. The number of guanidine groups is 1. The van der Waals surface area contributed by atoms with Crippen molar-refractivity contribution >= 4 is 39.3 Å². The monoisotopic (exact) mass is 421 g/mol. The number of halogens is 1. The van der Waals surface area contributed by atoms with Gasteiger partial charge in [-0.2, -0.15) is 0 Å². The highest BCUT2D eigenvalue weighted by molar-refractivity contribution is 9.11. The highest BCUT2D eigenvalue weighted by atomic mass is 79.9. The number of hydrogen-bond acceptors (Lipinski definition) is 4. The van der Waals surface area contributed by atoms with E-state index in [1.807, 2.05) is 42.5 Å². The first-order chi connectivity index (χ1) is 13.1. The Morgan fingerprint density at radius 3 is 2.70 bits per heavy atom. The van der Waals surface area contributed by atoms with E-state index in [1.54, 1.807) is 24.3 Å². The molecule has 1 aliphatic heterocycles. The molecule has 0 unspecified atom stereocenters. The maximum Gasteiger partial charge on any atom is 0.335 e. The Bertz CT molecular complexity index is 1010. The van der Waals surface area contributed by atoms with Crippen LogP contribution in [-0.2, 0) is 0 Å². The van der Waals surface area contributed by atoms with Gasteiger partial charge in [-0.05, 0) is 23.8 Å². The predicted octanol–water partition coefficient (Wildman–Crippen LogP) is 4.49. The first-order valence-corrected chi connectivity index (χ1v) is 9.27. The summed E-state index contributed by atoms with van der Waals surface area (Å²) in [6.45, 7) is 0. The second kappa shape index (κ2) is 7.32. The number of carbonyl (C=O) groups is 1. The molecule has 0 spiro atoms. The van der Waals surface area contributed by atoms with Gasteiger partial charge in [-0.1, -0.05) is 70.6 Å². The Kier molecular flexibility index (Phi) is 4.73. The molecule has 0 amide bonds. The predicted molar refractivity (Wildman–Crippen MR) is 111 cm³/mol. The van der Waals surface area contributed by atoms with E-state index in [4.69, 9.17) is 9.98 Å². The largest absolute Gasteiger partial charge is 0.478 e. The van der Waals surface area contributed by atoms with Gasteiger partial charge in [-0.25, -0.2) is 14.8 Å². The molecule has 1 aliphatic carbocycles. The Morgan fingerprint density at radius 1 is 1.11 bits per heavy atom. The van der Waals surface area contributed by atoms with Gasteiger partial charge in [-0.3, -0.25) is 0 Å². The van der Waals surface area contributed by atoms with Crippen LogP contribution < -0.4 is 5.32 Å². The molecular formula is C21H16BrN3O2. The number of hydrogen-bond donors (Lipinski definition) is 2. The Balaban J connectivity index is 1.71. The Morgan fingerprint density at radius 2 is 1.93 bits per heavy atom. The van der Waals surface area contributed by atoms with E-state index in [1.165, 1.54) is 0 Å². The molecule has 1 heterocycles. The first kappa shape index (κ1) is 17.4. The van der Waals surface area contributed by atoms with Crippen molar-refractivity contribution in [3.63, 3.8) is 0 Å². The molecule has 5 nitrogen and oxygen atoms in total. The third-order valence-corrected chi connectivity index (χ3v) is 4.94. The molecule has 0 saturated carbocycles. The summed E-state index contributed by atoms with van der Waals surface area (Å²) in [5, 5.41) is 12.3. The van der Waals surface area contributed by atoms with E-state index in [0.29, 0.717) is 11.6 Å². The number of aromatic carboxylic acids is 1. The van der Waals surface area contributed by atoms with Gasteiger partial charge in [-0.15, -0.1) is 0 Å². The SMILES string of the molecule is O=C(O)c1cccc(NC2=N[C@@H]3C=CC(Br)=C[C@H]3C(c3ccccc3)=N2)c1. The summed E-state index contributed by atoms with van der Waals surface area (Å²) in [7, 11) is 0. The zero-order valence-electron chi connectivity index (χ0n) is 14.2. The van der Waals surface area contributed by atoms with Gasteiger partial charge >= 0.3 is 5.97 Å². The van der Waals surface area contributed by atoms with Crippen molar-refractivity contribution in [3.8, 4) is 0 Å². The van der Waals surface area contributed by atoms with Gasteiger partial charge in [0.2, 0.25) is 5.96 Å². The summed E-state index contributed by atoms with van der Waals surface area (Å²) in [5.74, 6) is -0.459. The number of allylic oxidation sites excluding steroid dienone is 2. The number of anilines is 1. The van der Waals surface area contributed by atoms with Crippen LogP contribution in [0, 0.1) is 5.92 Å².